The standard InChI is InChI=1S/C19H29N3O3/c1-3-20-19(22(2)13-15-8-11-23-14-15)21-12-16-6-4-7-17-18(16)25-10-5-9-24-17/h4,6-7,15H,3,5,8-14H2,1-2H3,(H,20,21). The zero-order chi connectivity index (χ0) is 17.5. The van der Waals surface area contributed by atoms with E-state index in [1.54, 1.807) is 0 Å². The van der Waals surface area contributed by atoms with Crippen molar-refractivity contribution in [2.24, 2.45) is 10.9 Å². The molecule has 3 rings (SSSR count). The van der Waals surface area contributed by atoms with Gasteiger partial charge >= 0.3 is 0 Å². The molecule has 0 spiro atoms. The van der Waals surface area contributed by atoms with E-state index in [0.717, 1.165) is 62.2 Å². The number of nitrogens with zero attached hydrogens (tertiary/aromatic N) is 2. The van der Waals surface area contributed by atoms with E-state index in [1.807, 2.05) is 12.1 Å². The molecule has 0 saturated carbocycles. The van der Waals surface area contributed by atoms with Gasteiger partial charge in [-0.05, 0) is 19.4 Å². The normalized spacial score (nSPS) is 20.2. The second kappa shape index (κ2) is 8.94. The average Bonchev–Trinajstić information content (AvgIpc) is 3.00. The Morgan fingerprint density at radius 1 is 1.28 bits per heavy atom. The highest BCUT2D eigenvalue weighted by Crippen LogP contribution is 2.33. The Bertz CT molecular complexity index is 585. The quantitative estimate of drug-likeness (QED) is 0.654. The van der Waals surface area contributed by atoms with Gasteiger partial charge in [-0.25, -0.2) is 4.99 Å². The fourth-order valence-corrected chi connectivity index (χ4v) is 3.21. The Hall–Kier alpha value is -1.95. The molecule has 25 heavy (non-hydrogen) atoms. The summed E-state index contributed by atoms with van der Waals surface area (Å²) in [4.78, 5) is 7.02. The summed E-state index contributed by atoms with van der Waals surface area (Å²) in [5, 5.41) is 3.38. The van der Waals surface area contributed by atoms with Crippen molar-refractivity contribution in [1.82, 2.24) is 10.2 Å². The molecular weight excluding hydrogens is 318 g/mol. The fourth-order valence-electron chi connectivity index (χ4n) is 3.21. The van der Waals surface area contributed by atoms with E-state index in [1.165, 1.54) is 0 Å². The summed E-state index contributed by atoms with van der Waals surface area (Å²) in [6.45, 7) is 7.58. The van der Waals surface area contributed by atoms with E-state index in [-0.39, 0.29) is 0 Å². The number of guanidine groups is 1. The van der Waals surface area contributed by atoms with Crippen LogP contribution in [0.15, 0.2) is 23.2 Å². The van der Waals surface area contributed by atoms with Gasteiger partial charge in [-0.1, -0.05) is 12.1 Å². The predicted molar refractivity (Wildman–Crippen MR) is 98.4 cm³/mol. The molecule has 1 aromatic rings. The van der Waals surface area contributed by atoms with E-state index in [4.69, 9.17) is 19.2 Å². The maximum absolute atomic E-state index is 5.90. The number of para-hydroxylation sites is 1. The molecule has 0 amide bonds. The van der Waals surface area contributed by atoms with Crippen LogP contribution in [0.2, 0.25) is 0 Å². The summed E-state index contributed by atoms with van der Waals surface area (Å²) in [7, 11) is 2.09. The van der Waals surface area contributed by atoms with Crippen molar-refractivity contribution in [3.8, 4) is 11.5 Å². The predicted octanol–water partition coefficient (Wildman–Crippen LogP) is 2.28. The molecule has 1 N–H and O–H groups in total. The summed E-state index contributed by atoms with van der Waals surface area (Å²) < 4.78 is 17.1. The maximum Gasteiger partial charge on any atom is 0.193 e. The number of benzene rings is 1. The summed E-state index contributed by atoms with van der Waals surface area (Å²) >= 11 is 0. The maximum atomic E-state index is 5.90. The van der Waals surface area contributed by atoms with Crippen molar-refractivity contribution < 1.29 is 14.2 Å². The van der Waals surface area contributed by atoms with Crippen LogP contribution < -0.4 is 14.8 Å². The van der Waals surface area contributed by atoms with Crippen LogP contribution in [-0.4, -0.2) is 57.4 Å². The number of ether oxygens (including phenoxy) is 3. The Balaban J connectivity index is 1.70. The van der Waals surface area contributed by atoms with Gasteiger partial charge in [0.1, 0.15) is 0 Å². The minimum atomic E-state index is 0.570. The van der Waals surface area contributed by atoms with Gasteiger partial charge in [-0.3, -0.25) is 0 Å². The highest BCUT2D eigenvalue weighted by molar-refractivity contribution is 5.79. The van der Waals surface area contributed by atoms with E-state index < -0.39 is 0 Å². The van der Waals surface area contributed by atoms with E-state index in [9.17, 15) is 0 Å². The third-order valence-electron chi connectivity index (χ3n) is 4.50. The third-order valence-corrected chi connectivity index (χ3v) is 4.50. The van der Waals surface area contributed by atoms with Crippen LogP contribution in [0.4, 0.5) is 0 Å². The molecule has 0 aliphatic carbocycles. The van der Waals surface area contributed by atoms with E-state index in [2.05, 4.69) is 30.3 Å². The number of nitrogens with one attached hydrogen (secondary N) is 1. The Labute approximate surface area is 150 Å². The smallest absolute Gasteiger partial charge is 0.193 e. The van der Waals surface area contributed by atoms with Crippen LogP contribution in [0.5, 0.6) is 11.5 Å². The van der Waals surface area contributed by atoms with E-state index >= 15 is 0 Å². The Kier molecular flexibility index (Phi) is 6.39. The van der Waals surface area contributed by atoms with Gasteiger partial charge in [0, 0.05) is 44.6 Å². The van der Waals surface area contributed by atoms with Gasteiger partial charge in [0.05, 0.1) is 26.4 Å². The fraction of sp³-hybridized carbons (Fsp3) is 0.632. The van der Waals surface area contributed by atoms with Crippen molar-refractivity contribution >= 4 is 5.96 Å². The molecule has 1 aromatic carbocycles. The van der Waals surface area contributed by atoms with Gasteiger partial charge in [-0.15, -0.1) is 0 Å². The molecule has 1 atom stereocenters. The van der Waals surface area contributed by atoms with Crippen molar-refractivity contribution in [1.29, 1.82) is 0 Å². The molecule has 2 aliphatic heterocycles. The first-order valence-corrected chi connectivity index (χ1v) is 9.22. The molecule has 2 aliphatic rings. The second-order valence-corrected chi connectivity index (χ2v) is 6.58. The minimum absolute atomic E-state index is 0.570. The molecule has 6 heteroatoms. The summed E-state index contributed by atoms with van der Waals surface area (Å²) in [5.41, 5.74) is 1.06. The first-order chi connectivity index (χ1) is 12.3. The molecule has 0 bridgehead atoms. The number of aliphatic imine (C=N–C) groups is 1. The number of hydrogen-bond donors (Lipinski definition) is 1. The molecule has 0 radical (unpaired) electrons. The first-order valence-electron chi connectivity index (χ1n) is 9.22. The van der Waals surface area contributed by atoms with Gasteiger partial charge in [0.25, 0.3) is 0 Å². The van der Waals surface area contributed by atoms with Gasteiger partial charge in [0.15, 0.2) is 17.5 Å². The highest BCUT2D eigenvalue weighted by atomic mass is 16.5. The number of fused-ring (bicyclic) bond motifs is 1. The molecule has 0 aromatic heterocycles. The second-order valence-electron chi connectivity index (χ2n) is 6.58. The summed E-state index contributed by atoms with van der Waals surface area (Å²) in [5.74, 6) is 3.17. The van der Waals surface area contributed by atoms with Crippen LogP contribution in [-0.2, 0) is 11.3 Å². The minimum Gasteiger partial charge on any atom is -0.490 e. The molecule has 1 saturated heterocycles. The monoisotopic (exact) mass is 347 g/mol. The topological polar surface area (TPSA) is 55.3 Å². The van der Waals surface area contributed by atoms with E-state index in [0.29, 0.717) is 25.7 Å². The van der Waals surface area contributed by atoms with Crippen LogP contribution in [0.3, 0.4) is 0 Å². The summed E-state index contributed by atoms with van der Waals surface area (Å²) in [6.07, 6.45) is 2.04. The molecule has 2 heterocycles. The third kappa shape index (κ3) is 4.78. The zero-order valence-corrected chi connectivity index (χ0v) is 15.3. The lowest BCUT2D eigenvalue weighted by Gasteiger charge is -2.24. The molecule has 138 valence electrons. The molecule has 6 nitrogen and oxygen atoms in total. The molecular formula is C19H29N3O3. The number of hydrogen-bond acceptors (Lipinski definition) is 4. The summed E-state index contributed by atoms with van der Waals surface area (Å²) in [6, 6.07) is 6.03. The molecule has 1 fully saturated rings. The largest absolute Gasteiger partial charge is 0.490 e. The first kappa shape index (κ1) is 17.9. The Morgan fingerprint density at radius 3 is 2.96 bits per heavy atom. The lowest BCUT2D eigenvalue weighted by Crippen LogP contribution is -2.41. The number of rotatable bonds is 5. The van der Waals surface area contributed by atoms with Crippen molar-refractivity contribution in [2.45, 2.75) is 26.3 Å². The van der Waals surface area contributed by atoms with Crippen molar-refractivity contribution in [3.63, 3.8) is 0 Å². The van der Waals surface area contributed by atoms with Crippen LogP contribution in [0, 0.1) is 5.92 Å². The SMILES string of the molecule is CCNC(=NCc1cccc2c1OCCCO2)N(C)CC1CCOC1. The van der Waals surface area contributed by atoms with Gasteiger partial charge < -0.3 is 24.4 Å². The van der Waals surface area contributed by atoms with Gasteiger partial charge in [0.2, 0.25) is 0 Å². The van der Waals surface area contributed by atoms with Crippen LogP contribution in [0.1, 0.15) is 25.3 Å². The van der Waals surface area contributed by atoms with Crippen molar-refractivity contribution in [3.05, 3.63) is 23.8 Å². The highest BCUT2D eigenvalue weighted by Gasteiger charge is 2.19. The zero-order valence-electron chi connectivity index (χ0n) is 15.3. The average molecular weight is 347 g/mol. The molecule has 1 unspecified atom stereocenters. The lowest BCUT2D eigenvalue weighted by molar-refractivity contribution is 0.181. The van der Waals surface area contributed by atoms with Crippen LogP contribution >= 0.6 is 0 Å². The lowest BCUT2D eigenvalue weighted by atomic mass is 10.1. The Morgan fingerprint density at radius 2 is 2.16 bits per heavy atom. The van der Waals surface area contributed by atoms with Crippen LogP contribution in [0.25, 0.3) is 0 Å². The van der Waals surface area contributed by atoms with Crippen molar-refractivity contribution in [2.75, 3.05) is 46.6 Å². The van der Waals surface area contributed by atoms with Gasteiger partial charge in [-0.2, -0.15) is 0 Å².